The lowest BCUT2D eigenvalue weighted by Gasteiger charge is -2.33. The summed E-state index contributed by atoms with van der Waals surface area (Å²) in [6.45, 7) is 1.70. The number of hydrogen-bond acceptors (Lipinski definition) is 1. The van der Waals surface area contributed by atoms with Gasteiger partial charge in [0.25, 0.3) is 0 Å². The lowest BCUT2D eigenvalue weighted by Crippen LogP contribution is -2.44. The van der Waals surface area contributed by atoms with Crippen molar-refractivity contribution < 1.29 is 4.79 Å². The first kappa shape index (κ1) is 11.5. The second kappa shape index (κ2) is 4.60. The van der Waals surface area contributed by atoms with Gasteiger partial charge in [-0.05, 0) is 24.8 Å². The number of amides is 1. The number of carbonyl (C=O) groups is 1. The minimum absolute atomic E-state index is 0.301. The van der Waals surface area contributed by atoms with Gasteiger partial charge in [-0.15, -0.1) is 0 Å². The lowest BCUT2D eigenvalue weighted by atomic mass is 9.73. The predicted molar refractivity (Wildman–Crippen MR) is 72.3 cm³/mol. The molecule has 1 atom stereocenters. The van der Waals surface area contributed by atoms with E-state index in [1.165, 1.54) is 5.56 Å². The number of rotatable bonds is 1. The molecule has 2 bridgehead atoms. The van der Waals surface area contributed by atoms with E-state index in [1.807, 2.05) is 23.1 Å². The van der Waals surface area contributed by atoms with Crippen LogP contribution in [0.25, 0.3) is 0 Å². The summed E-state index contributed by atoms with van der Waals surface area (Å²) in [5, 5.41) is 0. The summed E-state index contributed by atoms with van der Waals surface area (Å²) in [5.74, 6) is 0.330. The lowest BCUT2D eigenvalue weighted by molar-refractivity contribution is -0.136. The Hall–Kier alpha value is -1.57. The molecular weight excluding hydrogens is 222 g/mol. The molecule has 0 unspecified atom stereocenters. The first-order chi connectivity index (χ1) is 8.83. The van der Waals surface area contributed by atoms with Gasteiger partial charge in [0.15, 0.2) is 0 Å². The van der Waals surface area contributed by atoms with Crippen LogP contribution in [0.4, 0.5) is 0 Å². The van der Waals surface area contributed by atoms with Gasteiger partial charge in [0, 0.05) is 13.1 Å². The summed E-state index contributed by atoms with van der Waals surface area (Å²) in [6, 6.07) is 10.3. The monoisotopic (exact) mass is 241 g/mol. The predicted octanol–water partition coefficient (Wildman–Crippen LogP) is 2.90. The SMILES string of the molecule is O=C1N2CC=CC[C@]1(c1ccccc1)CCCC2. The van der Waals surface area contributed by atoms with Crippen LogP contribution in [0.2, 0.25) is 0 Å². The molecule has 0 N–H and O–H groups in total. The molecule has 2 aliphatic heterocycles. The van der Waals surface area contributed by atoms with Gasteiger partial charge in [0.2, 0.25) is 5.91 Å². The second-order valence-corrected chi connectivity index (χ2v) is 5.33. The Morgan fingerprint density at radius 3 is 2.72 bits per heavy atom. The Morgan fingerprint density at radius 2 is 1.89 bits per heavy atom. The van der Waals surface area contributed by atoms with Gasteiger partial charge in [0.1, 0.15) is 0 Å². The third kappa shape index (κ3) is 1.76. The Morgan fingerprint density at radius 1 is 1.06 bits per heavy atom. The van der Waals surface area contributed by atoms with E-state index in [4.69, 9.17) is 0 Å². The van der Waals surface area contributed by atoms with Gasteiger partial charge in [-0.2, -0.15) is 0 Å². The summed E-state index contributed by atoms with van der Waals surface area (Å²) < 4.78 is 0. The van der Waals surface area contributed by atoms with Crippen LogP contribution >= 0.6 is 0 Å². The molecule has 2 aliphatic rings. The summed E-state index contributed by atoms with van der Waals surface area (Å²) in [7, 11) is 0. The molecule has 1 aromatic carbocycles. The fourth-order valence-electron chi connectivity index (χ4n) is 3.23. The minimum atomic E-state index is -0.301. The molecule has 2 heteroatoms. The highest BCUT2D eigenvalue weighted by Gasteiger charge is 2.43. The number of nitrogens with zero attached hydrogens (tertiary/aromatic N) is 1. The van der Waals surface area contributed by atoms with Gasteiger partial charge in [-0.3, -0.25) is 4.79 Å². The average Bonchev–Trinajstić information content (AvgIpc) is 2.69. The second-order valence-electron chi connectivity index (χ2n) is 5.33. The zero-order chi connectivity index (χ0) is 12.4. The Labute approximate surface area is 108 Å². The van der Waals surface area contributed by atoms with Crippen LogP contribution in [0.3, 0.4) is 0 Å². The summed E-state index contributed by atoms with van der Waals surface area (Å²) in [5.41, 5.74) is 0.888. The third-order valence-electron chi connectivity index (χ3n) is 4.26. The van der Waals surface area contributed by atoms with Gasteiger partial charge < -0.3 is 4.90 Å². The molecule has 0 radical (unpaired) electrons. The fourth-order valence-corrected chi connectivity index (χ4v) is 3.23. The van der Waals surface area contributed by atoms with Crippen molar-refractivity contribution in [3.8, 4) is 0 Å². The maximum Gasteiger partial charge on any atom is 0.233 e. The standard InChI is InChI=1S/C16H19NO/c18-15-16(14-8-2-1-3-9-14)10-4-6-12-17(15)13-7-5-11-16/h1-4,6,8-9H,5,7,10-13H2/t16-/m1/s1. The van der Waals surface area contributed by atoms with Crippen molar-refractivity contribution in [1.29, 1.82) is 0 Å². The van der Waals surface area contributed by atoms with E-state index in [1.54, 1.807) is 0 Å². The molecule has 1 amide bonds. The maximum atomic E-state index is 12.9. The molecular formula is C16H19NO. The zero-order valence-electron chi connectivity index (χ0n) is 10.6. The van der Waals surface area contributed by atoms with E-state index in [0.29, 0.717) is 5.91 Å². The summed E-state index contributed by atoms with van der Waals surface area (Å²) >= 11 is 0. The van der Waals surface area contributed by atoms with Gasteiger partial charge >= 0.3 is 0 Å². The van der Waals surface area contributed by atoms with Gasteiger partial charge in [0.05, 0.1) is 5.41 Å². The molecule has 0 saturated carbocycles. The minimum Gasteiger partial charge on any atom is -0.338 e. The third-order valence-corrected chi connectivity index (χ3v) is 4.26. The molecule has 94 valence electrons. The molecule has 1 aromatic rings. The van der Waals surface area contributed by atoms with Crippen molar-refractivity contribution in [2.24, 2.45) is 0 Å². The molecule has 18 heavy (non-hydrogen) atoms. The van der Waals surface area contributed by atoms with Crippen molar-refractivity contribution in [2.45, 2.75) is 31.1 Å². The highest BCUT2D eigenvalue weighted by molar-refractivity contribution is 5.89. The van der Waals surface area contributed by atoms with Crippen molar-refractivity contribution in [3.05, 3.63) is 48.0 Å². The maximum absolute atomic E-state index is 12.9. The molecule has 1 fully saturated rings. The topological polar surface area (TPSA) is 20.3 Å². The van der Waals surface area contributed by atoms with Crippen LogP contribution < -0.4 is 0 Å². The number of allylic oxidation sites excluding steroid dienone is 1. The average molecular weight is 241 g/mol. The van der Waals surface area contributed by atoms with Crippen LogP contribution in [0, 0.1) is 0 Å². The summed E-state index contributed by atoms with van der Waals surface area (Å²) in [6.07, 6.45) is 8.45. The molecule has 2 nitrogen and oxygen atoms in total. The van der Waals surface area contributed by atoms with E-state index >= 15 is 0 Å². The van der Waals surface area contributed by atoms with E-state index in [0.717, 1.165) is 38.8 Å². The number of fused-ring (bicyclic) bond motifs is 2. The number of benzene rings is 1. The van der Waals surface area contributed by atoms with E-state index in [-0.39, 0.29) is 5.41 Å². The van der Waals surface area contributed by atoms with Crippen LogP contribution in [0.1, 0.15) is 31.2 Å². The molecule has 3 rings (SSSR count). The Balaban J connectivity index is 2.09. The van der Waals surface area contributed by atoms with Crippen molar-refractivity contribution in [1.82, 2.24) is 4.90 Å². The van der Waals surface area contributed by atoms with E-state index < -0.39 is 0 Å². The number of carbonyl (C=O) groups excluding carboxylic acids is 1. The number of hydrogen-bond donors (Lipinski definition) is 0. The van der Waals surface area contributed by atoms with E-state index in [2.05, 4.69) is 24.3 Å². The van der Waals surface area contributed by atoms with Crippen molar-refractivity contribution in [2.75, 3.05) is 13.1 Å². The highest BCUT2D eigenvalue weighted by Crippen LogP contribution is 2.39. The van der Waals surface area contributed by atoms with Crippen LogP contribution in [0.15, 0.2) is 42.5 Å². The van der Waals surface area contributed by atoms with Crippen LogP contribution in [-0.4, -0.2) is 23.9 Å². The first-order valence-electron chi connectivity index (χ1n) is 6.83. The van der Waals surface area contributed by atoms with Gasteiger partial charge in [-0.25, -0.2) is 0 Å². The molecule has 0 spiro atoms. The normalized spacial score (nSPS) is 27.8. The van der Waals surface area contributed by atoms with Crippen molar-refractivity contribution in [3.63, 3.8) is 0 Å². The smallest absolute Gasteiger partial charge is 0.233 e. The fraction of sp³-hybridized carbons (Fsp3) is 0.438. The van der Waals surface area contributed by atoms with E-state index in [9.17, 15) is 4.79 Å². The quantitative estimate of drug-likeness (QED) is 0.692. The molecule has 0 aromatic heterocycles. The van der Waals surface area contributed by atoms with Crippen molar-refractivity contribution >= 4 is 5.91 Å². The zero-order valence-corrected chi connectivity index (χ0v) is 10.6. The van der Waals surface area contributed by atoms with Crippen LogP contribution in [-0.2, 0) is 10.2 Å². The Kier molecular flexibility index (Phi) is 2.94. The largest absolute Gasteiger partial charge is 0.338 e. The first-order valence-corrected chi connectivity index (χ1v) is 6.83. The van der Waals surface area contributed by atoms with Crippen LogP contribution in [0.5, 0.6) is 0 Å². The highest BCUT2D eigenvalue weighted by atomic mass is 16.2. The molecule has 1 saturated heterocycles. The summed E-state index contributed by atoms with van der Waals surface area (Å²) in [4.78, 5) is 14.9. The molecule has 2 heterocycles. The molecule has 0 aliphatic carbocycles. The van der Waals surface area contributed by atoms with Gasteiger partial charge in [-0.1, -0.05) is 48.9 Å². The Bertz CT molecular complexity index is 465.